The maximum absolute atomic E-state index is 4.89. The lowest BCUT2D eigenvalue weighted by Crippen LogP contribution is -2.34. The first kappa shape index (κ1) is 13.9. The summed E-state index contributed by atoms with van der Waals surface area (Å²) in [5.74, 6) is 1.76. The van der Waals surface area contributed by atoms with E-state index >= 15 is 0 Å². The molecule has 0 spiro atoms. The summed E-state index contributed by atoms with van der Waals surface area (Å²) in [6.07, 6.45) is 4.46. The third-order valence-corrected chi connectivity index (χ3v) is 5.32. The number of likely N-dealkylation sites (tertiary alicyclic amines) is 1. The molecule has 0 N–H and O–H groups in total. The summed E-state index contributed by atoms with van der Waals surface area (Å²) in [4.78, 5) is 13.0. The fourth-order valence-electron chi connectivity index (χ4n) is 3.48. The second-order valence-electron chi connectivity index (χ2n) is 6.06. The molecule has 1 fully saturated rings. The summed E-state index contributed by atoms with van der Waals surface area (Å²) in [5.41, 5.74) is 4.26. The molecule has 0 saturated carbocycles. The van der Waals surface area contributed by atoms with Crippen molar-refractivity contribution in [3.63, 3.8) is 0 Å². The number of piperidine rings is 1. The summed E-state index contributed by atoms with van der Waals surface area (Å²) >= 11 is 1.75. The van der Waals surface area contributed by atoms with Crippen molar-refractivity contribution in [1.82, 2.24) is 19.4 Å². The van der Waals surface area contributed by atoms with Crippen LogP contribution in [0.2, 0.25) is 0 Å². The van der Waals surface area contributed by atoms with E-state index in [9.17, 15) is 0 Å². The number of para-hydroxylation sites is 2. The molecule has 2 aromatic heterocycles. The summed E-state index contributed by atoms with van der Waals surface area (Å²) in [5, 5.41) is 0. The summed E-state index contributed by atoms with van der Waals surface area (Å²) in [6, 6.07) is 8.42. The Bertz CT molecular complexity index is 762. The molecule has 3 heterocycles. The van der Waals surface area contributed by atoms with Crippen molar-refractivity contribution < 1.29 is 0 Å². The van der Waals surface area contributed by atoms with Crippen LogP contribution in [0.5, 0.6) is 0 Å². The SMILES string of the molecule is Cn1c(C2CCCN(Cc3cncs3)C2)nc2ccccc21. The molecule has 114 valence electrons. The van der Waals surface area contributed by atoms with Gasteiger partial charge >= 0.3 is 0 Å². The van der Waals surface area contributed by atoms with Gasteiger partial charge in [0, 0.05) is 37.1 Å². The van der Waals surface area contributed by atoms with Crippen molar-refractivity contribution in [2.45, 2.75) is 25.3 Å². The summed E-state index contributed by atoms with van der Waals surface area (Å²) < 4.78 is 2.27. The zero-order valence-corrected chi connectivity index (χ0v) is 13.6. The third-order valence-electron chi connectivity index (χ3n) is 4.56. The number of hydrogen-bond acceptors (Lipinski definition) is 4. The van der Waals surface area contributed by atoms with Gasteiger partial charge in [0.1, 0.15) is 5.82 Å². The number of hydrogen-bond donors (Lipinski definition) is 0. The van der Waals surface area contributed by atoms with E-state index in [-0.39, 0.29) is 0 Å². The fourth-order valence-corrected chi connectivity index (χ4v) is 4.12. The summed E-state index contributed by atoms with van der Waals surface area (Å²) in [7, 11) is 2.15. The molecule has 4 nitrogen and oxygen atoms in total. The molecule has 1 saturated heterocycles. The quantitative estimate of drug-likeness (QED) is 0.743. The second-order valence-corrected chi connectivity index (χ2v) is 7.03. The van der Waals surface area contributed by atoms with E-state index in [4.69, 9.17) is 4.98 Å². The monoisotopic (exact) mass is 312 g/mol. The Balaban J connectivity index is 1.57. The van der Waals surface area contributed by atoms with Crippen molar-refractivity contribution in [3.8, 4) is 0 Å². The molecule has 5 heteroatoms. The standard InChI is InChI=1S/C17H20N4S/c1-20-16-7-3-2-6-15(16)19-17(20)13-5-4-8-21(10-13)11-14-9-18-12-22-14/h2-3,6-7,9,12-13H,4-5,8,10-11H2,1H3. The third kappa shape index (κ3) is 2.55. The van der Waals surface area contributed by atoms with E-state index in [0.29, 0.717) is 5.92 Å². The van der Waals surface area contributed by atoms with E-state index in [0.717, 1.165) is 18.6 Å². The normalized spacial score (nSPS) is 19.8. The molecule has 1 unspecified atom stereocenters. The van der Waals surface area contributed by atoms with Gasteiger partial charge in [-0.15, -0.1) is 11.3 Å². The number of aromatic nitrogens is 3. The Kier molecular flexibility index (Phi) is 3.68. The number of aryl methyl sites for hydroxylation is 1. The minimum absolute atomic E-state index is 0.527. The molecule has 0 radical (unpaired) electrons. The Morgan fingerprint density at radius 1 is 1.32 bits per heavy atom. The van der Waals surface area contributed by atoms with Gasteiger partial charge in [-0.05, 0) is 31.5 Å². The average Bonchev–Trinajstić information content (AvgIpc) is 3.16. The van der Waals surface area contributed by atoms with Crippen LogP contribution in [0.25, 0.3) is 11.0 Å². The molecule has 1 aliphatic rings. The maximum Gasteiger partial charge on any atom is 0.114 e. The van der Waals surface area contributed by atoms with Gasteiger partial charge < -0.3 is 4.57 Å². The van der Waals surface area contributed by atoms with Crippen molar-refractivity contribution in [1.29, 1.82) is 0 Å². The highest BCUT2D eigenvalue weighted by Crippen LogP contribution is 2.29. The van der Waals surface area contributed by atoms with Gasteiger partial charge in [0.05, 0.1) is 16.5 Å². The largest absolute Gasteiger partial charge is 0.331 e. The van der Waals surface area contributed by atoms with Crippen LogP contribution >= 0.6 is 11.3 Å². The Morgan fingerprint density at radius 2 is 2.23 bits per heavy atom. The molecular weight excluding hydrogens is 292 g/mol. The predicted octanol–water partition coefficient (Wildman–Crippen LogP) is 3.41. The molecular formula is C17H20N4S. The molecule has 0 amide bonds. The lowest BCUT2D eigenvalue weighted by atomic mass is 9.97. The second kappa shape index (κ2) is 5.82. The Morgan fingerprint density at radius 3 is 3.05 bits per heavy atom. The highest BCUT2D eigenvalue weighted by Gasteiger charge is 2.25. The van der Waals surface area contributed by atoms with Crippen molar-refractivity contribution in [2.24, 2.45) is 7.05 Å². The predicted molar refractivity (Wildman–Crippen MR) is 90.1 cm³/mol. The van der Waals surface area contributed by atoms with Crippen LogP contribution in [0.1, 0.15) is 29.5 Å². The van der Waals surface area contributed by atoms with Gasteiger partial charge in [-0.25, -0.2) is 4.98 Å². The number of fused-ring (bicyclic) bond motifs is 1. The number of thiazole rings is 1. The molecule has 1 aromatic carbocycles. The first-order valence-corrected chi connectivity index (χ1v) is 8.70. The van der Waals surface area contributed by atoms with E-state index in [1.54, 1.807) is 11.3 Å². The van der Waals surface area contributed by atoms with Crippen LogP contribution in [-0.4, -0.2) is 32.5 Å². The lowest BCUT2D eigenvalue weighted by Gasteiger charge is -2.32. The highest BCUT2D eigenvalue weighted by molar-refractivity contribution is 7.09. The maximum atomic E-state index is 4.89. The van der Waals surface area contributed by atoms with E-state index < -0.39 is 0 Å². The number of imidazole rings is 1. The molecule has 0 aliphatic carbocycles. The topological polar surface area (TPSA) is 34.0 Å². The van der Waals surface area contributed by atoms with Gasteiger partial charge in [0.2, 0.25) is 0 Å². The zero-order chi connectivity index (χ0) is 14.9. The van der Waals surface area contributed by atoms with Crippen LogP contribution in [-0.2, 0) is 13.6 Å². The van der Waals surface area contributed by atoms with Crippen LogP contribution in [0.3, 0.4) is 0 Å². The van der Waals surface area contributed by atoms with Gasteiger partial charge in [-0.2, -0.15) is 0 Å². The minimum atomic E-state index is 0.527. The van der Waals surface area contributed by atoms with Crippen molar-refractivity contribution in [3.05, 3.63) is 46.7 Å². The minimum Gasteiger partial charge on any atom is -0.331 e. The van der Waals surface area contributed by atoms with E-state index in [2.05, 4.69) is 45.8 Å². The first-order chi connectivity index (χ1) is 10.8. The Labute approximate surface area is 134 Å². The van der Waals surface area contributed by atoms with Crippen LogP contribution in [0.4, 0.5) is 0 Å². The van der Waals surface area contributed by atoms with Crippen molar-refractivity contribution >= 4 is 22.4 Å². The first-order valence-electron chi connectivity index (χ1n) is 7.82. The number of benzene rings is 1. The smallest absolute Gasteiger partial charge is 0.114 e. The van der Waals surface area contributed by atoms with Gasteiger partial charge in [0.15, 0.2) is 0 Å². The fraction of sp³-hybridized carbons (Fsp3) is 0.412. The average molecular weight is 312 g/mol. The number of nitrogens with zero attached hydrogens (tertiary/aromatic N) is 4. The molecule has 4 rings (SSSR count). The van der Waals surface area contributed by atoms with E-state index in [1.165, 1.54) is 35.6 Å². The van der Waals surface area contributed by atoms with Gasteiger partial charge in [-0.1, -0.05) is 12.1 Å². The van der Waals surface area contributed by atoms with E-state index in [1.807, 2.05) is 11.7 Å². The molecule has 3 aromatic rings. The number of rotatable bonds is 3. The molecule has 1 atom stereocenters. The van der Waals surface area contributed by atoms with Gasteiger partial charge in [0.25, 0.3) is 0 Å². The lowest BCUT2D eigenvalue weighted by molar-refractivity contribution is 0.197. The molecule has 1 aliphatic heterocycles. The molecule has 22 heavy (non-hydrogen) atoms. The Hall–Kier alpha value is -1.72. The molecule has 0 bridgehead atoms. The van der Waals surface area contributed by atoms with Crippen molar-refractivity contribution in [2.75, 3.05) is 13.1 Å². The van der Waals surface area contributed by atoms with Crippen LogP contribution < -0.4 is 0 Å². The zero-order valence-electron chi connectivity index (χ0n) is 12.8. The highest BCUT2D eigenvalue weighted by atomic mass is 32.1. The van der Waals surface area contributed by atoms with Gasteiger partial charge in [-0.3, -0.25) is 9.88 Å². The van der Waals surface area contributed by atoms with Crippen LogP contribution in [0, 0.1) is 0 Å². The summed E-state index contributed by atoms with van der Waals surface area (Å²) in [6.45, 7) is 3.29. The van der Waals surface area contributed by atoms with Crippen LogP contribution in [0.15, 0.2) is 36.0 Å².